The van der Waals surface area contributed by atoms with E-state index in [1.165, 1.54) is 6.07 Å². The standard InChI is InChI=1S/C14H12ClFN2O/c1-10-13(15)9-18(17-10)8-12-5-4-11(3-2-6-19)7-14(12)16/h4-5,7,9,19H,6,8H2,1H3. The van der Waals surface area contributed by atoms with Crippen molar-refractivity contribution in [2.45, 2.75) is 13.5 Å². The molecule has 0 radical (unpaired) electrons. The zero-order valence-electron chi connectivity index (χ0n) is 10.3. The van der Waals surface area contributed by atoms with Gasteiger partial charge in [0.1, 0.15) is 12.4 Å². The summed E-state index contributed by atoms with van der Waals surface area (Å²) < 4.78 is 15.5. The fourth-order valence-electron chi connectivity index (χ4n) is 1.64. The van der Waals surface area contributed by atoms with E-state index in [4.69, 9.17) is 16.7 Å². The van der Waals surface area contributed by atoms with Gasteiger partial charge in [-0.05, 0) is 19.1 Å². The van der Waals surface area contributed by atoms with Gasteiger partial charge in [0.05, 0.1) is 17.3 Å². The van der Waals surface area contributed by atoms with E-state index < -0.39 is 0 Å². The van der Waals surface area contributed by atoms with Gasteiger partial charge in [-0.25, -0.2) is 4.39 Å². The zero-order valence-corrected chi connectivity index (χ0v) is 11.1. The van der Waals surface area contributed by atoms with Crippen molar-refractivity contribution in [1.82, 2.24) is 9.78 Å². The van der Waals surface area contributed by atoms with Crippen LogP contribution in [-0.4, -0.2) is 21.5 Å². The summed E-state index contributed by atoms with van der Waals surface area (Å²) in [7, 11) is 0. The third-order valence-corrected chi connectivity index (χ3v) is 2.95. The molecule has 0 aliphatic heterocycles. The fourth-order valence-corrected chi connectivity index (χ4v) is 1.79. The number of aliphatic hydroxyl groups excluding tert-OH is 1. The predicted molar refractivity (Wildman–Crippen MR) is 71.4 cm³/mol. The molecule has 1 aromatic carbocycles. The van der Waals surface area contributed by atoms with Crippen molar-refractivity contribution < 1.29 is 9.50 Å². The molecule has 0 saturated carbocycles. The highest BCUT2D eigenvalue weighted by Gasteiger charge is 2.06. The Morgan fingerprint density at radius 2 is 2.26 bits per heavy atom. The maximum atomic E-state index is 13.9. The van der Waals surface area contributed by atoms with Gasteiger partial charge in [-0.1, -0.05) is 29.5 Å². The number of aromatic nitrogens is 2. The van der Waals surface area contributed by atoms with Crippen LogP contribution in [0.2, 0.25) is 5.02 Å². The SMILES string of the molecule is Cc1nn(Cc2ccc(C#CCO)cc2F)cc1Cl. The highest BCUT2D eigenvalue weighted by molar-refractivity contribution is 6.31. The molecule has 0 atom stereocenters. The molecule has 0 amide bonds. The Kier molecular flexibility index (Phi) is 4.20. The lowest BCUT2D eigenvalue weighted by Gasteiger charge is -2.04. The Morgan fingerprint density at radius 3 is 2.84 bits per heavy atom. The van der Waals surface area contributed by atoms with Gasteiger partial charge in [0, 0.05) is 17.3 Å². The lowest BCUT2D eigenvalue weighted by molar-refractivity contribution is 0.350. The highest BCUT2D eigenvalue weighted by atomic mass is 35.5. The number of nitrogens with zero attached hydrogens (tertiary/aromatic N) is 2. The van der Waals surface area contributed by atoms with Crippen molar-refractivity contribution >= 4 is 11.6 Å². The highest BCUT2D eigenvalue weighted by Crippen LogP contribution is 2.15. The van der Waals surface area contributed by atoms with Crippen LogP contribution >= 0.6 is 11.6 Å². The third kappa shape index (κ3) is 3.34. The molecule has 0 fully saturated rings. The normalized spacial score (nSPS) is 10.1. The number of rotatable bonds is 2. The minimum absolute atomic E-state index is 0.242. The van der Waals surface area contributed by atoms with Crippen molar-refractivity contribution in [3.63, 3.8) is 0 Å². The first kappa shape index (κ1) is 13.6. The monoisotopic (exact) mass is 278 g/mol. The van der Waals surface area contributed by atoms with Crippen LogP contribution in [0.3, 0.4) is 0 Å². The average Bonchev–Trinajstić information content (AvgIpc) is 2.69. The van der Waals surface area contributed by atoms with Crippen LogP contribution in [0.5, 0.6) is 0 Å². The summed E-state index contributed by atoms with van der Waals surface area (Å²) in [6.07, 6.45) is 1.66. The van der Waals surface area contributed by atoms with Gasteiger partial charge in [-0.15, -0.1) is 0 Å². The lowest BCUT2D eigenvalue weighted by atomic mass is 10.1. The van der Waals surface area contributed by atoms with E-state index in [0.717, 1.165) is 0 Å². The van der Waals surface area contributed by atoms with Crippen molar-refractivity contribution in [2.75, 3.05) is 6.61 Å². The lowest BCUT2D eigenvalue weighted by Crippen LogP contribution is -2.03. The van der Waals surface area contributed by atoms with Crippen LogP contribution in [-0.2, 0) is 6.54 Å². The van der Waals surface area contributed by atoms with Crippen LogP contribution in [0.4, 0.5) is 4.39 Å². The largest absolute Gasteiger partial charge is 0.384 e. The zero-order chi connectivity index (χ0) is 13.8. The number of benzene rings is 1. The molecule has 3 nitrogen and oxygen atoms in total. The molecule has 19 heavy (non-hydrogen) atoms. The van der Waals surface area contributed by atoms with Gasteiger partial charge < -0.3 is 5.11 Å². The second-order valence-electron chi connectivity index (χ2n) is 4.03. The van der Waals surface area contributed by atoms with Gasteiger partial charge in [0.2, 0.25) is 0 Å². The van der Waals surface area contributed by atoms with Crippen LogP contribution in [0.15, 0.2) is 24.4 Å². The van der Waals surface area contributed by atoms with E-state index in [1.807, 2.05) is 0 Å². The van der Waals surface area contributed by atoms with Crippen LogP contribution in [0, 0.1) is 24.6 Å². The molecule has 5 heteroatoms. The molecule has 98 valence electrons. The minimum atomic E-state index is -0.353. The van der Waals surface area contributed by atoms with Crippen molar-refractivity contribution in [3.8, 4) is 11.8 Å². The van der Waals surface area contributed by atoms with Crippen LogP contribution in [0.25, 0.3) is 0 Å². The summed E-state index contributed by atoms with van der Waals surface area (Å²) >= 11 is 5.90. The van der Waals surface area contributed by atoms with E-state index in [1.54, 1.807) is 29.9 Å². The molecule has 1 N–H and O–H groups in total. The number of hydrogen-bond acceptors (Lipinski definition) is 2. The van der Waals surface area contributed by atoms with Crippen LogP contribution in [0.1, 0.15) is 16.8 Å². The average molecular weight is 279 g/mol. The Morgan fingerprint density at radius 1 is 1.47 bits per heavy atom. The Hall–Kier alpha value is -1.83. The molecular weight excluding hydrogens is 267 g/mol. The summed E-state index contributed by atoms with van der Waals surface area (Å²) in [6, 6.07) is 4.70. The smallest absolute Gasteiger partial charge is 0.129 e. The van der Waals surface area contributed by atoms with E-state index in [0.29, 0.717) is 28.4 Å². The maximum Gasteiger partial charge on any atom is 0.129 e. The van der Waals surface area contributed by atoms with Crippen LogP contribution < -0.4 is 0 Å². The molecule has 1 heterocycles. The summed E-state index contributed by atoms with van der Waals surface area (Å²) in [5.41, 5.74) is 1.76. The molecule has 2 rings (SSSR count). The molecule has 2 aromatic rings. The topological polar surface area (TPSA) is 38.0 Å². The second-order valence-corrected chi connectivity index (χ2v) is 4.43. The van der Waals surface area contributed by atoms with Gasteiger partial charge in [0.15, 0.2) is 0 Å². The number of hydrogen-bond donors (Lipinski definition) is 1. The quantitative estimate of drug-likeness (QED) is 0.857. The molecule has 0 bridgehead atoms. The molecule has 0 saturated heterocycles. The Balaban J connectivity index is 2.21. The Labute approximate surface area is 115 Å². The maximum absolute atomic E-state index is 13.9. The first-order valence-electron chi connectivity index (χ1n) is 5.68. The molecule has 0 aliphatic rings. The number of aryl methyl sites for hydroxylation is 1. The van der Waals surface area contributed by atoms with Gasteiger partial charge in [-0.2, -0.15) is 5.10 Å². The number of halogens is 2. The fraction of sp³-hybridized carbons (Fsp3) is 0.214. The first-order chi connectivity index (χ1) is 9.10. The molecule has 1 aromatic heterocycles. The van der Waals surface area contributed by atoms with Gasteiger partial charge in [-0.3, -0.25) is 4.68 Å². The Bertz CT molecular complexity index is 636. The van der Waals surface area contributed by atoms with Crippen molar-refractivity contribution in [1.29, 1.82) is 0 Å². The summed E-state index contributed by atoms with van der Waals surface area (Å²) in [5, 5.41) is 13.3. The predicted octanol–water partition coefficient (Wildman–Crippen LogP) is 2.38. The molecule has 0 aliphatic carbocycles. The first-order valence-corrected chi connectivity index (χ1v) is 6.05. The molecule has 0 unspecified atom stereocenters. The van der Waals surface area contributed by atoms with E-state index in [9.17, 15) is 4.39 Å². The summed E-state index contributed by atoms with van der Waals surface area (Å²) in [6.45, 7) is 1.87. The van der Waals surface area contributed by atoms with Gasteiger partial charge >= 0.3 is 0 Å². The summed E-state index contributed by atoms with van der Waals surface area (Å²) in [4.78, 5) is 0. The van der Waals surface area contributed by atoms with E-state index in [2.05, 4.69) is 16.9 Å². The second kappa shape index (κ2) is 5.87. The van der Waals surface area contributed by atoms with Crippen molar-refractivity contribution in [2.24, 2.45) is 0 Å². The van der Waals surface area contributed by atoms with Crippen molar-refractivity contribution in [3.05, 3.63) is 52.1 Å². The number of aliphatic hydroxyl groups is 1. The minimum Gasteiger partial charge on any atom is -0.384 e. The van der Waals surface area contributed by atoms with E-state index in [-0.39, 0.29) is 12.4 Å². The molecule has 0 spiro atoms. The summed E-state index contributed by atoms with van der Waals surface area (Å²) in [5.74, 6) is 4.78. The third-order valence-electron chi connectivity index (χ3n) is 2.58. The molecular formula is C14H12ClFN2O. The van der Waals surface area contributed by atoms with Gasteiger partial charge in [0.25, 0.3) is 0 Å². The van der Waals surface area contributed by atoms with E-state index >= 15 is 0 Å².